The minimum Gasteiger partial charge on any atom is -0.358 e. The predicted octanol–water partition coefficient (Wildman–Crippen LogP) is 6.93. The molecule has 38 heavy (non-hydrogen) atoms. The first kappa shape index (κ1) is 26.8. The number of amides is 1. The molecule has 4 rings (SSSR count). The molecule has 3 N–H and O–H groups in total. The van der Waals surface area contributed by atoms with Gasteiger partial charge in [-0.3, -0.25) is 4.79 Å². The van der Waals surface area contributed by atoms with Crippen molar-refractivity contribution in [3.8, 4) is 11.1 Å². The number of alkyl halides is 3. The Balaban J connectivity index is 1.48. The van der Waals surface area contributed by atoms with Gasteiger partial charge in [0, 0.05) is 24.3 Å². The largest absolute Gasteiger partial charge is 0.416 e. The van der Waals surface area contributed by atoms with Gasteiger partial charge in [-0.05, 0) is 70.9 Å². The molecule has 9 heteroatoms. The van der Waals surface area contributed by atoms with Gasteiger partial charge >= 0.3 is 6.18 Å². The highest BCUT2D eigenvalue weighted by atomic mass is 32.1. The molecule has 0 heterocycles. The molecule has 0 unspecified atom stereocenters. The molecule has 0 aliphatic rings. The van der Waals surface area contributed by atoms with Crippen molar-refractivity contribution in [3.05, 3.63) is 125 Å². The maximum absolute atomic E-state index is 13.4. The van der Waals surface area contributed by atoms with Crippen LogP contribution in [0.1, 0.15) is 27.0 Å². The van der Waals surface area contributed by atoms with Crippen molar-refractivity contribution in [2.45, 2.75) is 19.3 Å². The molecular weight excluding hydrogens is 514 g/mol. The molecule has 4 aromatic carbocycles. The number of rotatable bonds is 7. The van der Waals surface area contributed by atoms with Crippen molar-refractivity contribution in [2.24, 2.45) is 0 Å². The average Bonchev–Trinajstić information content (AvgIpc) is 2.90. The van der Waals surface area contributed by atoms with Gasteiger partial charge < -0.3 is 16.0 Å². The summed E-state index contributed by atoms with van der Waals surface area (Å²) in [5.41, 5.74) is 2.78. The van der Waals surface area contributed by atoms with Crippen molar-refractivity contribution in [1.82, 2.24) is 10.6 Å². The highest BCUT2D eigenvalue weighted by molar-refractivity contribution is 7.80. The normalized spacial score (nSPS) is 11.1. The topological polar surface area (TPSA) is 53.2 Å². The third-order valence-electron chi connectivity index (χ3n) is 5.71. The summed E-state index contributed by atoms with van der Waals surface area (Å²) in [4.78, 5) is 13.1. The zero-order valence-electron chi connectivity index (χ0n) is 20.0. The van der Waals surface area contributed by atoms with Crippen molar-refractivity contribution < 1.29 is 22.4 Å². The minimum absolute atomic E-state index is 0.0552. The van der Waals surface area contributed by atoms with E-state index < -0.39 is 17.6 Å². The molecule has 194 valence electrons. The molecule has 0 bridgehead atoms. The SMILES string of the molecule is O=C(NCc1cccc(C(F)(F)F)c1)c1ccccc1-c1ccccc1CNC(=S)Nc1cccc(F)c1. The summed E-state index contributed by atoms with van der Waals surface area (Å²) < 4.78 is 52.5. The molecule has 0 spiro atoms. The number of anilines is 1. The van der Waals surface area contributed by atoms with Crippen LogP contribution in [0, 0.1) is 5.82 Å². The average molecular weight is 538 g/mol. The van der Waals surface area contributed by atoms with E-state index in [0.717, 1.165) is 23.3 Å². The van der Waals surface area contributed by atoms with Crippen molar-refractivity contribution in [3.63, 3.8) is 0 Å². The monoisotopic (exact) mass is 537 g/mol. The van der Waals surface area contributed by atoms with E-state index in [1.165, 1.54) is 24.3 Å². The van der Waals surface area contributed by atoms with Gasteiger partial charge in [-0.15, -0.1) is 0 Å². The van der Waals surface area contributed by atoms with E-state index in [1.54, 1.807) is 36.4 Å². The maximum Gasteiger partial charge on any atom is 0.416 e. The summed E-state index contributed by atoms with van der Waals surface area (Å²) in [6.07, 6.45) is -4.46. The van der Waals surface area contributed by atoms with E-state index in [4.69, 9.17) is 12.2 Å². The molecule has 4 aromatic rings. The Morgan fingerprint density at radius 1 is 0.763 bits per heavy atom. The number of halogens is 4. The van der Waals surface area contributed by atoms with E-state index in [1.807, 2.05) is 24.3 Å². The fourth-order valence-corrected chi connectivity index (χ4v) is 4.10. The fourth-order valence-electron chi connectivity index (χ4n) is 3.91. The van der Waals surface area contributed by atoms with Gasteiger partial charge in [0.1, 0.15) is 5.82 Å². The molecule has 0 aliphatic heterocycles. The van der Waals surface area contributed by atoms with Crippen LogP contribution in [-0.4, -0.2) is 11.0 Å². The van der Waals surface area contributed by atoms with Crippen LogP contribution in [0.3, 0.4) is 0 Å². The Morgan fingerprint density at radius 3 is 2.24 bits per heavy atom. The number of benzene rings is 4. The number of nitrogens with one attached hydrogen (secondary N) is 3. The second-order valence-electron chi connectivity index (χ2n) is 8.40. The van der Waals surface area contributed by atoms with E-state index in [0.29, 0.717) is 34.0 Å². The number of carbonyl (C=O) groups is 1. The Labute approximate surface area is 222 Å². The standard InChI is InChI=1S/C29H23F4N3OS/c30-22-10-6-11-23(16-22)36-28(38)35-18-20-8-1-2-12-24(20)25-13-3-4-14-26(25)27(37)34-17-19-7-5-9-21(15-19)29(31,32)33/h1-16H,17-18H2,(H,34,37)(H2,35,36,38). The molecule has 0 aliphatic carbocycles. The van der Waals surface area contributed by atoms with Gasteiger partial charge in [-0.25, -0.2) is 4.39 Å². The highest BCUT2D eigenvalue weighted by Crippen LogP contribution is 2.30. The van der Waals surface area contributed by atoms with E-state index in [-0.39, 0.29) is 12.4 Å². The molecule has 4 nitrogen and oxygen atoms in total. The van der Waals surface area contributed by atoms with E-state index >= 15 is 0 Å². The number of thiocarbonyl (C=S) groups is 1. The zero-order chi connectivity index (χ0) is 27.1. The van der Waals surface area contributed by atoms with Gasteiger partial charge in [0.2, 0.25) is 0 Å². The van der Waals surface area contributed by atoms with Gasteiger partial charge in [-0.1, -0.05) is 60.7 Å². The van der Waals surface area contributed by atoms with Crippen LogP contribution in [0.2, 0.25) is 0 Å². The molecule has 0 aromatic heterocycles. The number of hydrogen-bond acceptors (Lipinski definition) is 2. The Hall–Kier alpha value is -4.24. The summed E-state index contributed by atoms with van der Waals surface area (Å²) in [5.74, 6) is -0.796. The molecule has 0 atom stereocenters. The summed E-state index contributed by atoms with van der Waals surface area (Å²) in [6.45, 7) is 0.276. The van der Waals surface area contributed by atoms with Crippen LogP contribution in [0.15, 0.2) is 97.1 Å². The second kappa shape index (κ2) is 11.9. The highest BCUT2D eigenvalue weighted by Gasteiger charge is 2.30. The first-order chi connectivity index (χ1) is 18.2. The Kier molecular flexibility index (Phi) is 8.38. The van der Waals surface area contributed by atoms with Crippen molar-refractivity contribution in [2.75, 3.05) is 5.32 Å². The fraction of sp³-hybridized carbons (Fsp3) is 0.103. The summed E-state index contributed by atoms with van der Waals surface area (Å²) in [7, 11) is 0. The first-order valence-electron chi connectivity index (χ1n) is 11.6. The molecule has 0 fully saturated rings. The summed E-state index contributed by atoms with van der Waals surface area (Å²) in [6, 6.07) is 25.3. The molecule has 1 amide bonds. The summed E-state index contributed by atoms with van der Waals surface area (Å²) >= 11 is 5.34. The van der Waals surface area contributed by atoms with Crippen LogP contribution in [-0.2, 0) is 19.3 Å². The van der Waals surface area contributed by atoms with Gasteiger partial charge in [0.25, 0.3) is 5.91 Å². The lowest BCUT2D eigenvalue weighted by atomic mass is 9.95. The number of hydrogen-bond donors (Lipinski definition) is 3. The van der Waals surface area contributed by atoms with Crippen LogP contribution in [0.5, 0.6) is 0 Å². The van der Waals surface area contributed by atoms with E-state index in [9.17, 15) is 22.4 Å². The van der Waals surface area contributed by atoms with Crippen LogP contribution in [0.4, 0.5) is 23.2 Å². The molecule has 0 saturated heterocycles. The molecular formula is C29H23F4N3OS. The quantitative estimate of drug-likeness (QED) is 0.177. The van der Waals surface area contributed by atoms with Gasteiger partial charge in [-0.2, -0.15) is 13.2 Å². The lowest BCUT2D eigenvalue weighted by Crippen LogP contribution is -2.28. The molecule has 0 radical (unpaired) electrons. The first-order valence-corrected chi connectivity index (χ1v) is 12.0. The third kappa shape index (κ3) is 6.95. The van der Waals surface area contributed by atoms with Crippen molar-refractivity contribution >= 4 is 28.9 Å². The predicted molar refractivity (Wildman–Crippen MR) is 144 cm³/mol. The smallest absolute Gasteiger partial charge is 0.358 e. The van der Waals surface area contributed by atoms with Gasteiger partial charge in [0.15, 0.2) is 5.11 Å². The van der Waals surface area contributed by atoms with Crippen LogP contribution >= 0.6 is 12.2 Å². The zero-order valence-corrected chi connectivity index (χ0v) is 20.8. The lowest BCUT2D eigenvalue weighted by molar-refractivity contribution is -0.137. The van der Waals surface area contributed by atoms with E-state index in [2.05, 4.69) is 16.0 Å². The Bertz CT molecular complexity index is 1460. The van der Waals surface area contributed by atoms with Gasteiger partial charge in [0.05, 0.1) is 5.56 Å². The number of carbonyl (C=O) groups excluding carboxylic acids is 1. The third-order valence-corrected chi connectivity index (χ3v) is 5.95. The molecule has 0 saturated carbocycles. The minimum atomic E-state index is -4.46. The van der Waals surface area contributed by atoms with Crippen LogP contribution < -0.4 is 16.0 Å². The Morgan fingerprint density at radius 2 is 1.47 bits per heavy atom. The summed E-state index contributed by atoms with van der Waals surface area (Å²) in [5, 5.41) is 9.05. The second-order valence-corrected chi connectivity index (χ2v) is 8.81. The maximum atomic E-state index is 13.4. The lowest BCUT2D eigenvalue weighted by Gasteiger charge is -2.16. The van der Waals surface area contributed by atoms with Crippen LogP contribution in [0.25, 0.3) is 11.1 Å². The van der Waals surface area contributed by atoms with Crippen molar-refractivity contribution in [1.29, 1.82) is 0 Å².